The lowest BCUT2D eigenvalue weighted by molar-refractivity contribution is -0.142. The third-order valence-electron chi connectivity index (χ3n) is 2.80. The molecule has 0 bridgehead atoms. The minimum atomic E-state index is -0.692. The summed E-state index contributed by atoms with van der Waals surface area (Å²) in [5.41, 5.74) is 1.60. The molecule has 0 saturated carbocycles. The van der Waals surface area contributed by atoms with Crippen molar-refractivity contribution in [3.05, 3.63) is 28.2 Å². The van der Waals surface area contributed by atoms with Gasteiger partial charge in [-0.2, -0.15) is 0 Å². The van der Waals surface area contributed by atoms with E-state index in [-0.39, 0.29) is 0 Å². The molecule has 1 aromatic rings. The van der Waals surface area contributed by atoms with Crippen LogP contribution < -0.4 is 5.32 Å². The van der Waals surface area contributed by atoms with Gasteiger partial charge in [-0.15, -0.1) is 0 Å². The van der Waals surface area contributed by atoms with Crippen molar-refractivity contribution in [1.82, 2.24) is 4.90 Å². The molecule has 6 heteroatoms. The van der Waals surface area contributed by atoms with Gasteiger partial charge in [0.05, 0.1) is 11.8 Å². The maximum Gasteiger partial charge on any atom is 0.313 e. The SMILES string of the molecule is Cc1ccc(NC(=O)C(=O)N(C)CCC(C)O)c(Br)c1. The molecule has 2 N–H and O–H groups in total. The van der Waals surface area contributed by atoms with E-state index in [9.17, 15) is 14.7 Å². The molecule has 0 aliphatic rings. The van der Waals surface area contributed by atoms with Gasteiger partial charge in [0.15, 0.2) is 0 Å². The predicted octanol–water partition coefficient (Wildman–Crippen LogP) is 1.93. The second kappa shape index (κ2) is 7.40. The van der Waals surface area contributed by atoms with E-state index < -0.39 is 17.9 Å². The molecule has 20 heavy (non-hydrogen) atoms. The maximum atomic E-state index is 11.9. The number of amides is 2. The molecule has 0 radical (unpaired) electrons. The molecule has 110 valence electrons. The van der Waals surface area contributed by atoms with E-state index >= 15 is 0 Å². The molecule has 2 amide bonds. The first-order valence-electron chi connectivity index (χ1n) is 6.32. The molecule has 0 fully saturated rings. The van der Waals surface area contributed by atoms with Crippen molar-refractivity contribution in [3.8, 4) is 0 Å². The summed E-state index contributed by atoms with van der Waals surface area (Å²) in [7, 11) is 1.54. The lowest BCUT2D eigenvalue weighted by Gasteiger charge is -2.17. The van der Waals surface area contributed by atoms with Gasteiger partial charge in [-0.3, -0.25) is 9.59 Å². The zero-order valence-electron chi connectivity index (χ0n) is 11.8. The summed E-state index contributed by atoms with van der Waals surface area (Å²) in [5, 5.41) is 11.7. The first-order chi connectivity index (χ1) is 9.31. The molecule has 0 aliphatic heterocycles. The number of aliphatic hydroxyl groups is 1. The highest BCUT2D eigenvalue weighted by molar-refractivity contribution is 9.10. The summed E-state index contributed by atoms with van der Waals surface area (Å²) >= 11 is 3.34. The summed E-state index contributed by atoms with van der Waals surface area (Å²) in [6, 6.07) is 5.44. The molecule has 0 saturated heterocycles. The minimum absolute atomic E-state index is 0.332. The smallest absolute Gasteiger partial charge is 0.313 e. The normalized spacial score (nSPS) is 11.8. The highest BCUT2D eigenvalue weighted by Crippen LogP contribution is 2.23. The molecular weight excluding hydrogens is 324 g/mol. The Morgan fingerprint density at radius 2 is 2.10 bits per heavy atom. The zero-order valence-corrected chi connectivity index (χ0v) is 13.4. The van der Waals surface area contributed by atoms with Crippen LogP contribution in [0.3, 0.4) is 0 Å². The van der Waals surface area contributed by atoms with E-state index in [1.807, 2.05) is 19.1 Å². The van der Waals surface area contributed by atoms with Crippen molar-refractivity contribution >= 4 is 33.4 Å². The molecule has 1 atom stereocenters. The van der Waals surface area contributed by atoms with Gasteiger partial charge in [0, 0.05) is 18.1 Å². The van der Waals surface area contributed by atoms with Crippen molar-refractivity contribution in [3.63, 3.8) is 0 Å². The number of benzene rings is 1. The van der Waals surface area contributed by atoms with Gasteiger partial charge in [-0.1, -0.05) is 6.07 Å². The highest BCUT2D eigenvalue weighted by atomic mass is 79.9. The standard InChI is InChI=1S/C14H19BrN2O3/c1-9-4-5-12(11(15)8-9)16-13(19)14(20)17(3)7-6-10(2)18/h4-5,8,10,18H,6-7H2,1-3H3,(H,16,19). The third-order valence-corrected chi connectivity index (χ3v) is 3.45. The number of hydrogen-bond donors (Lipinski definition) is 2. The Kier molecular flexibility index (Phi) is 6.16. The number of nitrogens with one attached hydrogen (secondary N) is 1. The minimum Gasteiger partial charge on any atom is -0.393 e. The first kappa shape index (κ1) is 16.7. The lowest BCUT2D eigenvalue weighted by Crippen LogP contribution is -2.38. The number of anilines is 1. The van der Waals surface area contributed by atoms with Crippen molar-refractivity contribution in [2.75, 3.05) is 18.9 Å². The summed E-state index contributed by atoms with van der Waals surface area (Å²) in [5.74, 6) is -1.32. The largest absolute Gasteiger partial charge is 0.393 e. The molecule has 1 rings (SSSR count). The van der Waals surface area contributed by atoms with Gasteiger partial charge >= 0.3 is 11.8 Å². The van der Waals surface area contributed by atoms with Gasteiger partial charge in [0.25, 0.3) is 0 Å². The molecule has 5 nitrogen and oxygen atoms in total. The van der Waals surface area contributed by atoms with Gasteiger partial charge < -0.3 is 15.3 Å². The molecule has 0 spiro atoms. The monoisotopic (exact) mass is 342 g/mol. The fourth-order valence-corrected chi connectivity index (χ4v) is 2.15. The van der Waals surface area contributed by atoms with E-state index in [4.69, 9.17) is 0 Å². The van der Waals surface area contributed by atoms with Gasteiger partial charge in [0.1, 0.15) is 0 Å². The number of halogens is 1. The van der Waals surface area contributed by atoms with Crippen LogP contribution in [-0.2, 0) is 9.59 Å². The Hall–Kier alpha value is -1.40. The van der Waals surface area contributed by atoms with Crippen molar-refractivity contribution in [2.45, 2.75) is 26.4 Å². The van der Waals surface area contributed by atoms with Crippen LogP contribution in [0.15, 0.2) is 22.7 Å². The summed E-state index contributed by atoms with van der Waals surface area (Å²) < 4.78 is 0.727. The van der Waals surface area contributed by atoms with E-state index in [1.54, 1.807) is 13.0 Å². The molecule has 0 heterocycles. The van der Waals surface area contributed by atoms with Crippen molar-refractivity contribution in [1.29, 1.82) is 0 Å². The Bertz CT molecular complexity index is 503. The highest BCUT2D eigenvalue weighted by Gasteiger charge is 2.19. The van der Waals surface area contributed by atoms with Crippen LogP contribution in [-0.4, -0.2) is 41.5 Å². The van der Waals surface area contributed by atoms with Crippen LogP contribution in [0.25, 0.3) is 0 Å². The molecule has 0 aliphatic carbocycles. The van der Waals surface area contributed by atoms with E-state index in [0.29, 0.717) is 18.7 Å². The third kappa shape index (κ3) is 4.94. The molecule has 1 unspecified atom stereocenters. The van der Waals surface area contributed by atoms with Crippen LogP contribution in [0.4, 0.5) is 5.69 Å². The number of likely N-dealkylation sites (N-methyl/N-ethyl adjacent to an activating group) is 1. The number of rotatable bonds is 4. The van der Waals surface area contributed by atoms with Crippen LogP contribution in [0, 0.1) is 6.92 Å². The van der Waals surface area contributed by atoms with Gasteiger partial charge in [0.2, 0.25) is 0 Å². The van der Waals surface area contributed by atoms with E-state index in [2.05, 4.69) is 21.2 Å². The quantitative estimate of drug-likeness (QED) is 0.821. The van der Waals surface area contributed by atoms with Gasteiger partial charge in [-0.25, -0.2) is 0 Å². The number of hydrogen-bond acceptors (Lipinski definition) is 3. The molecular formula is C14H19BrN2O3. The Balaban J connectivity index is 2.63. The summed E-state index contributed by atoms with van der Waals surface area (Å²) in [6.07, 6.45) is -0.0661. The number of aliphatic hydroxyl groups excluding tert-OH is 1. The van der Waals surface area contributed by atoms with E-state index in [0.717, 1.165) is 10.0 Å². The fourth-order valence-electron chi connectivity index (χ4n) is 1.55. The van der Waals surface area contributed by atoms with Crippen LogP contribution in [0.1, 0.15) is 18.9 Å². The summed E-state index contributed by atoms with van der Waals surface area (Å²) in [4.78, 5) is 25.0. The van der Waals surface area contributed by atoms with Gasteiger partial charge in [-0.05, 0) is 53.9 Å². The first-order valence-corrected chi connectivity index (χ1v) is 7.11. The van der Waals surface area contributed by atoms with Crippen molar-refractivity contribution < 1.29 is 14.7 Å². The number of carbonyl (C=O) groups is 2. The Labute approximate surface area is 127 Å². The lowest BCUT2D eigenvalue weighted by atomic mass is 10.2. The zero-order chi connectivity index (χ0) is 15.3. The molecule has 1 aromatic carbocycles. The average molecular weight is 343 g/mol. The number of carbonyl (C=O) groups excluding carboxylic acids is 2. The second-order valence-corrected chi connectivity index (χ2v) is 5.66. The fraction of sp³-hybridized carbons (Fsp3) is 0.429. The molecule has 0 aromatic heterocycles. The Morgan fingerprint density at radius 3 is 2.65 bits per heavy atom. The van der Waals surface area contributed by atoms with Crippen LogP contribution >= 0.6 is 15.9 Å². The van der Waals surface area contributed by atoms with Crippen LogP contribution in [0.5, 0.6) is 0 Å². The maximum absolute atomic E-state index is 11.9. The number of nitrogens with zero attached hydrogens (tertiary/aromatic N) is 1. The number of aryl methyl sites for hydroxylation is 1. The Morgan fingerprint density at radius 1 is 1.45 bits per heavy atom. The van der Waals surface area contributed by atoms with Crippen molar-refractivity contribution in [2.24, 2.45) is 0 Å². The van der Waals surface area contributed by atoms with Crippen LogP contribution in [0.2, 0.25) is 0 Å². The predicted molar refractivity (Wildman–Crippen MR) is 81.4 cm³/mol. The van der Waals surface area contributed by atoms with E-state index in [1.165, 1.54) is 11.9 Å². The topological polar surface area (TPSA) is 69.6 Å². The average Bonchev–Trinajstić information content (AvgIpc) is 2.38. The summed E-state index contributed by atoms with van der Waals surface area (Å²) in [6.45, 7) is 3.91. The second-order valence-electron chi connectivity index (χ2n) is 4.80.